The molecule has 5 heteroatoms. The highest BCUT2D eigenvalue weighted by molar-refractivity contribution is 8.93. The molecule has 0 bridgehead atoms. The highest BCUT2D eigenvalue weighted by Crippen LogP contribution is 2.37. The Labute approximate surface area is 123 Å². The lowest BCUT2D eigenvalue weighted by Gasteiger charge is -1.99. The first-order chi connectivity index (χ1) is 8.33. The normalized spacial score (nSPS) is 10.2. The molecule has 1 aromatic heterocycles. The van der Waals surface area contributed by atoms with E-state index in [0.717, 1.165) is 14.8 Å². The average molecular weight is 340 g/mol. The number of rotatable bonds is 2. The number of phenols is 1. The molecule has 0 aliphatic heterocycles. The molecule has 3 rings (SSSR count). The summed E-state index contributed by atoms with van der Waals surface area (Å²) in [6.45, 7) is 0. The van der Waals surface area contributed by atoms with E-state index in [1.165, 1.54) is 16.5 Å². The van der Waals surface area contributed by atoms with Gasteiger partial charge in [-0.3, -0.25) is 0 Å². The van der Waals surface area contributed by atoms with Crippen molar-refractivity contribution in [3.05, 3.63) is 48.5 Å². The number of aromatic nitrogens is 1. The topological polar surface area (TPSA) is 33.1 Å². The second kappa shape index (κ2) is 5.73. The second-order valence-electron chi connectivity index (χ2n) is 3.52. The van der Waals surface area contributed by atoms with Gasteiger partial charge in [0.25, 0.3) is 0 Å². The predicted octanol–water partition coefficient (Wildman–Crippen LogP) is 4.73. The van der Waals surface area contributed by atoms with E-state index in [9.17, 15) is 5.11 Å². The molecule has 2 aromatic carbocycles. The number of hydrogen-bond acceptors (Lipinski definition) is 4. The molecular formula is C13H10BrNOS2. The van der Waals surface area contributed by atoms with Crippen LogP contribution in [0.25, 0.3) is 10.2 Å². The molecule has 2 nitrogen and oxygen atoms in total. The van der Waals surface area contributed by atoms with Crippen LogP contribution in [0.15, 0.2) is 57.8 Å². The molecule has 92 valence electrons. The van der Waals surface area contributed by atoms with Gasteiger partial charge in [0.15, 0.2) is 4.34 Å². The first kappa shape index (κ1) is 13.4. The molecule has 3 aromatic rings. The van der Waals surface area contributed by atoms with Gasteiger partial charge in [-0.05, 0) is 24.3 Å². The Morgan fingerprint density at radius 3 is 2.50 bits per heavy atom. The van der Waals surface area contributed by atoms with Gasteiger partial charge in [-0.25, -0.2) is 4.98 Å². The third-order valence-electron chi connectivity index (χ3n) is 2.34. The Hall–Kier alpha value is -1.04. The second-order valence-corrected chi connectivity index (χ2v) is 5.84. The van der Waals surface area contributed by atoms with Crippen LogP contribution in [0.1, 0.15) is 0 Å². The summed E-state index contributed by atoms with van der Waals surface area (Å²) >= 11 is 3.14. The summed E-state index contributed by atoms with van der Waals surface area (Å²) in [5.41, 5.74) is 1.01. The number of phenolic OH excluding ortho intramolecular Hbond substituents is 1. The summed E-state index contributed by atoms with van der Waals surface area (Å²) in [6, 6.07) is 15.4. The molecule has 0 spiro atoms. The van der Waals surface area contributed by atoms with Crippen LogP contribution >= 0.6 is 40.1 Å². The van der Waals surface area contributed by atoms with Gasteiger partial charge < -0.3 is 5.11 Å². The van der Waals surface area contributed by atoms with Crippen LogP contribution in [0.3, 0.4) is 0 Å². The Bertz CT molecular complexity index is 636. The van der Waals surface area contributed by atoms with E-state index in [0.29, 0.717) is 5.75 Å². The fraction of sp³-hybridized carbons (Fsp3) is 0. The van der Waals surface area contributed by atoms with Gasteiger partial charge in [0.1, 0.15) is 5.75 Å². The van der Waals surface area contributed by atoms with Crippen LogP contribution in [0.4, 0.5) is 0 Å². The van der Waals surface area contributed by atoms with Crippen LogP contribution in [0, 0.1) is 0 Å². The first-order valence-corrected chi connectivity index (χ1v) is 6.78. The summed E-state index contributed by atoms with van der Waals surface area (Å²) in [6.07, 6.45) is 0. The van der Waals surface area contributed by atoms with E-state index in [2.05, 4.69) is 11.1 Å². The van der Waals surface area contributed by atoms with Gasteiger partial charge in [-0.15, -0.1) is 28.3 Å². The molecule has 0 amide bonds. The van der Waals surface area contributed by atoms with Gasteiger partial charge in [-0.1, -0.05) is 36.0 Å². The minimum Gasteiger partial charge on any atom is -0.507 e. The minimum absolute atomic E-state index is 0. The lowest BCUT2D eigenvalue weighted by molar-refractivity contribution is 0.462. The largest absolute Gasteiger partial charge is 0.507 e. The van der Waals surface area contributed by atoms with Crippen LogP contribution in [-0.2, 0) is 0 Å². The van der Waals surface area contributed by atoms with Gasteiger partial charge in [0, 0.05) is 0 Å². The zero-order chi connectivity index (χ0) is 11.7. The maximum absolute atomic E-state index is 9.70. The predicted molar refractivity (Wildman–Crippen MR) is 82.2 cm³/mol. The highest BCUT2D eigenvalue weighted by atomic mass is 79.9. The van der Waals surface area contributed by atoms with Crippen molar-refractivity contribution in [2.75, 3.05) is 0 Å². The monoisotopic (exact) mass is 339 g/mol. The van der Waals surface area contributed by atoms with Gasteiger partial charge in [0.05, 0.1) is 15.1 Å². The van der Waals surface area contributed by atoms with Gasteiger partial charge in [0.2, 0.25) is 0 Å². The average Bonchev–Trinajstić information content (AvgIpc) is 2.74. The molecule has 0 radical (unpaired) electrons. The fourth-order valence-electron chi connectivity index (χ4n) is 1.53. The number of hydrogen-bond donors (Lipinski definition) is 1. The molecule has 1 N–H and O–H groups in total. The van der Waals surface area contributed by atoms with Gasteiger partial charge in [-0.2, -0.15) is 0 Å². The lowest BCUT2D eigenvalue weighted by Crippen LogP contribution is -1.73. The number of para-hydroxylation sites is 2. The van der Waals surface area contributed by atoms with Crippen LogP contribution < -0.4 is 0 Å². The number of fused-ring (bicyclic) bond motifs is 1. The van der Waals surface area contributed by atoms with Gasteiger partial charge >= 0.3 is 0 Å². The molecule has 0 atom stereocenters. The molecular weight excluding hydrogens is 330 g/mol. The zero-order valence-electron chi connectivity index (χ0n) is 9.24. The number of benzene rings is 2. The third-order valence-corrected chi connectivity index (χ3v) is 4.50. The van der Waals surface area contributed by atoms with Crippen molar-refractivity contribution in [2.45, 2.75) is 9.24 Å². The van der Waals surface area contributed by atoms with E-state index in [-0.39, 0.29) is 17.0 Å². The quantitative estimate of drug-likeness (QED) is 0.732. The van der Waals surface area contributed by atoms with E-state index >= 15 is 0 Å². The molecule has 0 fully saturated rings. The third kappa shape index (κ3) is 2.68. The number of nitrogens with zero attached hydrogens (tertiary/aromatic N) is 1. The first-order valence-electron chi connectivity index (χ1n) is 5.14. The Kier molecular flexibility index (Phi) is 4.27. The smallest absolute Gasteiger partial charge is 0.156 e. The number of thiazole rings is 1. The standard InChI is InChI=1S/C13H9NOS2.BrH/c15-10-6-2-4-8-12(10)17-13-14-9-5-1-3-7-11(9)16-13;/h1-8,15H;1H. The maximum atomic E-state index is 9.70. The SMILES string of the molecule is Br.Oc1ccccc1Sc1nc2ccccc2s1. The Morgan fingerprint density at radius 1 is 1.00 bits per heavy atom. The Morgan fingerprint density at radius 2 is 1.72 bits per heavy atom. The summed E-state index contributed by atoms with van der Waals surface area (Å²) in [7, 11) is 0. The number of aromatic hydroxyl groups is 1. The van der Waals surface area contributed by atoms with Crippen molar-refractivity contribution >= 4 is 50.3 Å². The molecule has 0 aliphatic rings. The molecule has 18 heavy (non-hydrogen) atoms. The summed E-state index contributed by atoms with van der Waals surface area (Å²) in [5, 5.41) is 9.70. The van der Waals surface area contributed by atoms with E-state index < -0.39 is 0 Å². The Balaban J connectivity index is 0.00000120. The van der Waals surface area contributed by atoms with Crippen LogP contribution in [0.5, 0.6) is 5.75 Å². The van der Waals surface area contributed by atoms with Crippen LogP contribution in [0.2, 0.25) is 0 Å². The number of halogens is 1. The summed E-state index contributed by atoms with van der Waals surface area (Å²) < 4.78 is 2.12. The van der Waals surface area contributed by atoms with Crippen molar-refractivity contribution in [1.82, 2.24) is 4.98 Å². The molecule has 1 heterocycles. The van der Waals surface area contributed by atoms with Crippen molar-refractivity contribution in [3.63, 3.8) is 0 Å². The zero-order valence-corrected chi connectivity index (χ0v) is 12.6. The fourth-order valence-corrected chi connectivity index (χ4v) is 3.59. The van der Waals surface area contributed by atoms with Crippen molar-refractivity contribution in [3.8, 4) is 5.75 Å². The van der Waals surface area contributed by atoms with E-state index in [4.69, 9.17) is 0 Å². The molecule has 0 unspecified atom stereocenters. The van der Waals surface area contributed by atoms with Crippen molar-refractivity contribution in [2.24, 2.45) is 0 Å². The summed E-state index contributed by atoms with van der Waals surface area (Å²) in [4.78, 5) is 5.36. The van der Waals surface area contributed by atoms with Crippen molar-refractivity contribution < 1.29 is 5.11 Å². The summed E-state index contributed by atoms with van der Waals surface area (Å²) in [5.74, 6) is 0.303. The van der Waals surface area contributed by atoms with Crippen LogP contribution in [-0.4, -0.2) is 10.1 Å². The van der Waals surface area contributed by atoms with E-state index in [1.807, 2.05) is 36.4 Å². The lowest BCUT2D eigenvalue weighted by atomic mass is 10.3. The molecule has 0 saturated carbocycles. The minimum atomic E-state index is 0. The van der Waals surface area contributed by atoms with E-state index in [1.54, 1.807) is 17.4 Å². The molecule has 0 aliphatic carbocycles. The maximum Gasteiger partial charge on any atom is 0.156 e. The molecule has 0 saturated heterocycles. The highest BCUT2D eigenvalue weighted by Gasteiger charge is 2.07. The van der Waals surface area contributed by atoms with Crippen molar-refractivity contribution in [1.29, 1.82) is 0 Å².